The fourth-order valence-electron chi connectivity index (χ4n) is 8.32. The molecule has 1 saturated heterocycles. The topological polar surface area (TPSA) is 50.8 Å². The molecule has 4 atom stereocenters. The molecule has 5 nitrogen and oxygen atoms in total. The van der Waals surface area contributed by atoms with Crippen molar-refractivity contribution in [2.24, 2.45) is 5.41 Å². The van der Waals surface area contributed by atoms with Crippen LogP contribution in [0, 0.1) is 5.41 Å². The molecule has 0 bridgehead atoms. The van der Waals surface area contributed by atoms with Crippen molar-refractivity contribution >= 4 is 11.4 Å². The van der Waals surface area contributed by atoms with E-state index in [1.165, 1.54) is 30.4 Å². The van der Waals surface area contributed by atoms with Crippen LogP contribution in [0.1, 0.15) is 114 Å². The van der Waals surface area contributed by atoms with E-state index in [1.807, 2.05) is 18.2 Å². The number of Topliss-reactive ketones (excluding diaryl/α,β-unsaturated/α-hetero) is 1. The first-order chi connectivity index (χ1) is 20.5. The van der Waals surface area contributed by atoms with Gasteiger partial charge in [0.1, 0.15) is 17.3 Å². The summed E-state index contributed by atoms with van der Waals surface area (Å²) in [6.45, 7) is 10.0. The average Bonchev–Trinajstić information content (AvgIpc) is 3.18. The largest absolute Gasteiger partial charge is 0.497 e. The van der Waals surface area contributed by atoms with E-state index in [-0.39, 0.29) is 11.3 Å². The number of nitrogens with zero attached hydrogens (tertiary/aromatic N) is 1. The molecule has 0 radical (unpaired) electrons. The summed E-state index contributed by atoms with van der Waals surface area (Å²) >= 11 is 0. The minimum Gasteiger partial charge on any atom is -0.497 e. The van der Waals surface area contributed by atoms with Crippen molar-refractivity contribution in [1.82, 2.24) is 10.2 Å². The van der Waals surface area contributed by atoms with E-state index in [0.717, 1.165) is 75.2 Å². The Labute approximate surface area is 254 Å². The number of hydrogen-bond donors (Lipinski definition) is 1. The number of piperidine rings is 1. The Kier molecular flexibility index (Phi) is 10.1. The van der Waals surface area contributed by atoms with Gasteiger partial charge in [0.15, 0.2) is 0 Å². The summed E-state index contributed by atoms with van der Waals surface area (Å²) in [6.07, 6.45) is 10.5. The lowest BCUT2D eigenvalue weighted by molar-refractivity contribution is -0.125. The highest BCUT2D eigenvalue weighted by molar-refractivity contribution is 5.87. The van der Waals surface area contributed by atoms with Gasteiger partial charge in [-0.3, -0.25) is 9.69 Å². The van der Waals surface area contributed by atoms with Gasteiger partial charge in [0.25, 0.3) is 0 Å². The molecule has 228 valence electrons. The van der Waals surface area contributed by atoms with E-state index >= 15 is 0 Å². The molecule has 1 N–H and O–H groups in total. The maximum Gasteiger partial charge on any atom is 0.140 e. The van der Waals surface area contributed by atoms with Crippen LogP contribution in [0.5, 0.6) is 11.5 Å². The maximum absolute atomic E-state index is 14.4. The number of nitrogens with one attached hydrogen (secondary N) is 1. The molecule has 2 heterocycles. The Morgan fingerprint density at radius 1 is 1.05 bits per heavy atom. The third-order valence-corrected chi connectivity index (χ3v) is 10.5. The summed E-state index contributed by atoms with van der Waals surface area (Å²) in [7, 11) is 3.35. The Hall–Kier alpha value is -2.63. The maximum atomic E-state index is 14.4. The standard InChI is InChI=1S/C37H52N2O3/c1-6-9-19-38-34-16-15-33-31(30-13-10-11-14-32(30)34)17-21-39-20-12-18-37(8-3,36(33)39)25-35(40)29(7-2)26-22-27(41-4)24-28(23-26)42-5/h10-11,13-14,22-24,29,34,36,38H,6-9,12,15-21,25H2,1-5H3/t29?,34?,36?,37-/m0/s1. The fourth-order valence-corrected chi connectivity index (χ4v) is 8.32. The summed E-state index contributed by atoms with van der Waals surface area (Å²) in [5.74, 6) is 1.68. The SMILES string of the molecule is CCCCNC1CCC2=C(CCN3CCC[C@@](CC)(CC(=O)C(CC)c4cc(OC)cc(OC)c4)C23)c2ccccc21. The predicted molar refractivity (Wildman–Crippen MR) is 172 cm³/mol. The molecule has 3 unspecified atom stereocenters. The van der Waals surface area contributed by atoms with E-state index in [0.29, 0.717) is 24.3 Å². The van der Waals surface area contributed by atoms with Crippen LogP contribution in [-0.2, 0) is 4.79 Å². The molecule has 5 rings (SSSR count). The summed E-state index contributed by atoms with van der Waals surface area (Å²) in [5.41, 5.74) is 7.08. The first-order valence-corrected chi connectivity index (χ1v) is 16.5. The molecule has 42 heavy (non-hydrogen) atoms. The third kappa shape index (κ3) is 6.05. The Morgan fingerprint density at radius 2 is 1.81 bits per heavy atom. The Bertz CT molecular complexity index is 1250. The van der Waals surface area contributed by atoms with Crippen LogP contribution in [0.2, 0.25) is 0 Å². The molecule has 1 fully saturated rings. The molecular formula is C37H52N2O3. The van der Waals surface area contributed by atoms with Crippen molar-refractivity contribution in [3.8, 4) is 11.5 Å². The molecule has 1 aliphatic carbocycles. The normalized spacial score (nSPS) is 24.7. The first kappa shape index (κ1) is 30.8. The highest BCUT2D eigenvalue weighted by atomic mass is 16.5. The number of rotatable bonds is 12. The van der Waals surface area contributed by atoms with Crippen LogP contribution >= 0.6 is 0 Å². The van der Waals surface area contributed by atoms with Crippen molar-refractivity contribution in [3.05, 3.63) is 64.7 Å². The molecule has 2 aromatic carbocycles. The first-order valence-electron chi connectivity index (χ1n) is 16.5. The number of carbonyl (C=O) groups is 1. The van der Waals surface area contributed by atoms with Crippen LogP contribution in [-0.4, -0.2) is 50.6 Å². The summed E-state index contributed by atoms with van der Waals surface area (Å²) in [5, 5.41) is 3.91. The van der Waals surface area contributed by atoms with Crippen molar-refractivity contribution in [1.29, 1.82) is 0 Å². The molecule has 2 aromatic rings. The Balaban J connectivity index is 1.49. The average molecular weight is 573 g/mol. The zero-order valence-electron chi connectivity index (χ0n) is 26.6. The molecule has 3 aliphatic rings. The van der Waals surface area contributed by atoms with E-state index in [9.17, 15) is 4.79 Å². The number of ether oxygens (including phenoxy) is 2. The highest BCUT2D eigenvalue weighted by Gasteiger charge is 2.49. The van der Waals surface area contributed by atoms with E-state index < -0.39 is 0 Å². The van der Waals surface area contributed by atoms with Gasteiger partial charge in [-0.25, -0.2) is 0 Å². The Morgan fingerprint density at radius 3 is 2.50 bits per heavy atom. The van der Waals surface area contributed by atoms with Crippen molar-refractivity contribution < 1.29 is 14.3 Å². The molecule has 0 amide bonds. The fraction of sp³-hybridized carbons (Fsp3) is 0.595. The highest BCUT2D eigenvalue weighted by Crippen LogP contribution is 2.53. The molecule has 5 heteroatoms. The quantitative estimate of drug-likeness (QED) is 0.261. The van der Waals surface area contributed by atoms with Gasteiger partial charge < -0.3 is 14.8 Å². The molecule has 0 spiro atoms. The van der Waals surface area contributed by atoms with Gasteiger partial charge in [0.2, 0.25) is 0 Å². The predicted octanol–water partition coefficient (Wildman–Crippen LogP) is 8.10. The molecule has 2 aliphatic heterocycles. The molecule has 0 saturated carbocycles. The summed E-state index contributed by atoms with van der Waals surface area (Å²) < 4.78 is 11.1. The second-order valence-corrected chi connectivity index (χ2v) is 12.7. The molecule has 0 aromatic heterocycles. The van der Waals surface area contributed by atoms with Gasteiger partial charge in [-0.15, -0.1) is 0 Å². The van der Waals surface area contributed by atoms with Gasteiger partial charge in [-0.1, -0.05) is 51.5 Å². The van der Waals surface area contributed by atoms with Crippen LogP contribution < -0.4 is 14.8 Å². The van der Waals surface area contributed by atoms with E-state index in [1.54, 1.807) is 25.4 Å². The second kappa shape index (κ2) is 13.8. The van der Waals surface area contributed by atoms with Crippen LogP contribution in [0.3, 0.4) is 0 Å². The summed E-state index contributed by atoms with van der Waals surface area (Å²) in [4.78, 5) is 17.1. The number of hydrogen-bond acceptors (Lipinski definition) is 5. The second-order valence-electron chi connectivity index (χ2n) is 12.7. The van der Waals surface area contributed by atoms with Crippen molar-refractivity contribution in [3.63, 3.8) is 0 Å². The lowest BCUT2D eigenvalue weighted by Crippen LogP contribution is -2.56. The van der Waals surface area contributed by atoms with Gasteiger partial charge >= 0.3 is 0 Å². The minimum absolute atomic E-state index is 0.0445. The van der Waals surface area contributed by atoms with E-state index in [4.69, 9.17) is 9.47 Å². The number of ketones is 1. The lowest BCUT2D eigenvalue weighted by atomic mass is 9.62. The zero-order chi connectivity index (χ0) is 29.7. The van der Waals surface area contributed by atoms with Gasteiger partial charge in [0.05, 0.1) is 14.2 Å². The lowest BCUT2D eigenvalue weighted by Gasteiger charge is -2.54. The van der Waals surface area contributed by atoms with Crippen molar-refractivity contribution in [2.45, 2.75) is 103 Å². The number of unbranched alkanes of at least 4 members (excludes halogenated alkanes) is 1. The van der Waals surface area contributed by atoms with Crippen LogP contribution in [0.15, 0.2) is 48.0 Å². The monoisotopic (exact) mass is 572 g/mol. The minimum atomic E-state index is -0.160. The van der Waals surface area contributed by atoms with Crippen LogP contribution in [0.4, 0.5) is 0 Å². The summed E-state index contributed by atoms with van der Waals surface area (Å²) in [6, 6.07) is 15.8. The number of fused-ring (bicyclic) bond motifs is 4. The third-order valence-electron chi connectivity index (χ3n) is 10.5. The smallest absolute Gasteiger partial charge is 0.140 e. The number of benzene rings is 2. The van der Waals surface area contributed by atoms with Crippen molar-refractivity contribution in [2.75, 3.05) is 33.9 Å². The number of methoxy groups -OCH3 is 2. The van der Waals surface area contributed by atoms with Gasteiger partial charge in [-0.2, -0.15) is 0 Å². The molecular weight excluding hydrogens is 520 g/mol. The van der Waals surface area contributed by atoms with E-state index in [2.05, 4.69) is 55.3 Å². The van der Waals surface area contributed by atoms with Gasteiger partial charge in [0, 0.05) is 37.0 Å². The zero-order valence-corrected chi connectivity index (χ0v) is 26.6. The number of carbonyl (C=O) groups excluding carboxylic acids is 1. The van der Waals surface area contributed by atoms with Crippen LogP contribution in [0.25, 0.3) is 5.57 Å². The van der Waals surface area contributed by atoms with Gasteiger partial charge in [-0.05, 0) is 110 Å².